The van der Waals surface area contributed by atoms with E-state index >= 15 is 0 Å². The summed E-state index contributed by atoms with van der Waals surface area (Å²) < 4.78 is 0. The molecule has 1 atom stereocenters. The van der Waals surface area contributed by atoms with Gasteiger partial charge in [0, 0.05) is 18.3 Å². The van der Waals surface area contributed by atoms with Crippen molar-refractivity contribution in [2.45, 2.75) is 26.4 Å². The number of hydrogen-bond donors (Lipinski definition) is 2. The van der Waals surface area contributed by atoms with Gasteiger partial charge >= 0.3 is 0 Å². The van der Waals surface area contributed by atoms with Crippen LogP contribution in [0.1, 0.15) is 20.8 Å². The summed E-state index contributed by atoms with van der Waals surface area (Å²) >= 11 is 0. The van der Waals surface area contributed by atoms with Gasteiger partial charge in [0.1, 0.15) is 5.82 Å². The highest BCUT2D eigenvalue weighted by atomic mass is 16.3. The molecular weight excluding hydrogens is 250 g/mol. The lowest BCUT2D eigenvalue weighted by Crippen LogP contribution is -2.38. The van der Waals surface area contributed by atoms with Crippen LogP contribution >= 0.6 is 0 Å². The van der Waals surface area contributed by atoms with Crippen LogP contribution in [-0.2, 0) is 0 Å². The molecule has 2 N–H and O–H groups in total. The van der Waals surface area contributed by atoms with Crippen molar-refractivity contribution in [3.63, 3.8) is 0 Å². The number of hydrogen-bond acceptors (Lipinski definition) is 4. The molecule has 2 aromatic rings. The van der Waals surface area contributed by atoms with Crippen molar-refractivity contribution in [1.82, 2.24) is 9.97 Å². The van der Waals surface area contributed by atoms with E-state index in [1.807, 2.05) is 57.2 Å². The monoisotopic (exact) mass is 271 g/mol. The topological polar surface area (TPSA) is 58.0 Å². The first-order chi connectivity index (χ1) is 9.49. The van der Waals surface area contributed by atoms with Crippen LogP contribution in [0.3, 0.4) is 0 Å². The molecule has 20 heavy (non-hydrogen) atoms. The van der Waals surface area contributed by atoms with Crippen molar-refractivity contribution >= 4 is 5.82 Å². The number of benzene rings is 1. The number of aliphatic hydroxyl groups is 1. The molecule has 106 valence electrons. The molecule has 0 fully saturated rings. The van der Waals surface area contributed by atoms with Crippen LogP contribution in [0.5, 0.6) is 0 Å². The molecule has 2 rings (SSSR count). The van der Waals surface area contributed by atoms with Gasteiger partial charge in [-0.25, -0.2) is 9.97 Å². The van der Waals surface area contributed by atoms with Crippen molar-refractivity contribution in [3.8, 4) is 11.4 Å². The van der Waals surface area contributed by atoms with E-state index in [2.05, 4.69) is 15.3 Å². The molecule has 1 heterocycles. The lowest BCUT2D eigenvalue weighted by atomic mass is 9.93. The molecule has 1 unspecified atom stereocenters. The maximum atomic E-state index is 10.2. The molecule has 4 heteroatoms. The summed E-state index contributed by atoms with van der Waals surface area (Å²) in [4.78, 5) is 8.75. The van der Waals surface area contributed by atoms with E-state index in [0.717, 1.165) is 11.4 Å². The Hall–Kier alpha value is -1.94. The first kappa shape index (κ1) is 14.5. The summed E-state index contributed by atoms with van der Waals surface area (Å²) in [6, 6.07) is 11.6. The highest BCUT2D eigenvalue weighted by Crippen LogP contribution is 2.18. The molecule has 0 spiro atoms. The second kappa shape index (κ2) is 6.01. The summed E-state index contributed by atoms with van der Waals surface area (Å²) in [6.45, 7) is 6.27. The molecule has 1 aromatic heterocycles. The summed E-state index contributed by atoms with van der Waals surface area (Å²) in [6.07, 6.45) is 1.72. The molecule has 0 saturated heterocycles. The molecule has 0 aliphatic carbocycles. The fraction of sp³-hybridized carbons (Fsp3) is 0.375. The maximum absolute atomic E-state index is 10.2. The number of nitrogens with one attached hydrogen (secondary N) is 1. The van der Waals surface area contributed by atoms with E-state index < -0.39 is 5.60 Å². The van der Waals surface area contributed by atoms with Gasteiger partial charge in [0.05, 0.1) is 5.60 Å². The Balaban J connectivity index is 2.11. The number of rotatable bonds is 5. The zero-order chi connectivity index (χ0) is 14.6. The van der Waals surface area contributed by atoms with Crippen molar-refractivity contribution < 1.29 is 5.11 Å². The van der Waals surface area contributed by atoms with Crippen molar-refractivity contribution in [2.75, 3.05) is 11.9 Å². The van der Waals surface area contributed by atoms with E-state index in [9.17, 15) is 5.11 Å². The third-order valence-electron chi connectivity index (χ3n) is 3.56. The second-order valence-corrected chi connectivity index (χ2v) is 5.50. The first-order valence-electron chi connectivity index (χ1n) is 6.84. The van der Waals surface area contributed by atoms with Crippen LogP contribution in [0.15, 0.2) is 42.6 Å². The van der Waals surface area contributed by atoms with Crippen LogP contribution in [0.25, 0.3) is 11.4 Å². The Morgan fingerprint density at radius 2 is 1.90 bits per heavy atom. The smallest absolute Gasteiger partial charge is 0.161 e. The summed E-state index contributed by atoms with van der Waals surface area (Å²) in [5.41, 5.74) is 0.212. The zero-order valence-electron chi connectivity index (χ0n) is 12.2. The highest BCUT2D eigenvalue weighted by molar-refractivity contribution is 5.56. The van der Waals surface area contributed by atoms with Gasteiger partial charge in [-0.3, -0.25) is 0 Å². The van der Waals surface area contributed by atoms with Crippen molar-refractivity contribution in [2.24, 2.45) is 5.92 Å². The van der Waals surface area contributed by atoms with Gasteiger partial charge in [0.25, 0.3) is 0 Å². The molecular formula is C16H21N3O. The van der Waals surface area contributed by atoms with Crippen LogP contribution in [0.2, 0.25) is 0 Å². The fourth-order valence-electron chi connectivity index (χ4n) is 1.66. The average Bonchev–Trinajstić information content (AvgIpc) is 2.46. The largest absolute Gasteiger partial charge is 0.388 e. The van der Waals surface area contributed by atoms with Gasteiger partial charge in [-0.2, -0.15) is 0 Å². The molecule has 0 aliphatic rings. The van der Waals surface area contributed by atoms with E-state index in [-0.39, 0.29) is 5.92 Å². The van der Waals surface area contributed by atoms with Crippen LogP contribution in [0, 0.1) is 5.92 Å². The van der Waals surface area contributed by atoms with Gasteiger partial charge in [-0.05, 0) is 18.9 Å². The van der Waals surface area contributed by atoms with Crippen molar-refractivity contribution in [3.05, 3.63) is 42.6 Å². The SMILES string of the molecule is CC(C)C(C)(O)CNc1ccnc(-c2ccccc2)n1. The molecule has 1 aromatic carbocycles. The summed E-state index contributed by atoms with van der Waals surface area (Å²) in [7, 11) is 0. The van der Waals surface area contributed by atoms with Gasteiger partial charge in [-0.1, -0.05) is 44.2 Å². The minimum atomic E-state index is -0.766. The Labute approximate surface area is 119 Å². The number of nitrogens with zero attached hydrogens (tertiary/aromatic N) is 2. The van der Waals surface area contributed by atoms with E-state index in [1.165, 1.54) is 0 Å². The maximum Gasteiger partial charge on any atom is 0.161 e. The quantitative estimate of drug-likeness (QED) is 0.877. The van der Waals surface area contributed by atoms with Gasteiger partial charge < -0.3 is 10.4 Å². The predicted octanol–water partition coefficient (Wildman–Crippen LogP) is 2.96. The Morgan fingerprint density at radius 1 is 1.20 bits per heavy atom. The highest BCUT2D eigenvalue weighted by Gasteiger charge is 2.24. The van der Waals surface area contributed by atoms with Crippen LogP contribution in [0.4, 0.5) is 5.82 Å². The lowest BCUT2D eigenvalue weighted by molar-refractivity contribution is 0.0265. The molecule has 0 aliphatic heterocycles. The van der Waals surface area contributed by atoms with Gasteiger partial charge in [0.2, 0.25) is 0 Å². The predicted molar refractivity (Wildman–Crippen MR) is 81.4 cm³/mol. The Morgan fingerprint density at radius 3 is 2.55 bits per heavy atom. The van der Waals surface area contributed by atoms with Crippen LogP contribution < -0.4 is 5.32 Å². The van der Waals surface area contributed by atoms with Crippen LogP contribution in [-0.4, -0.2) is 27.2 Å². The Bertz CT molecular complexity index is 553. The molecule has 0 saturated carbocycles. The Kier molecular flexibility index (Phi) is 4.35. The minimum absolute atomic E-state index is 0.172. The van der Waals surface area contributed by atoms with E-state index in [4.69, 9.17) is 0 Å². The van der Waals surface area contributed by atoms with Gasteiger partial charge in [0.15, 0.2) is 5.82 Å². The van der Waals surface area contributed by atoms with Crippen molar-refractivity contribution in [1.29, 1.82) is 0 Å². The fourth-order valence-corrected chi connectivity index (χ4v) is 1.66. The lowest BCUT2D eigenvalue weighted by Gasteiger charge is -2.28. The molecule has 0 bridgehead atoms. The number of anilines is 1. The first-order valence-corrected chi connectivity index (χ1v) is 6.84. The normalized spacial score (nSPS) is 14.1. The summed E-state index contributed by atoms with van der Waals surface area (Å²) in [5.74, 6) is 1.57. The van der Waals surface area contributed by atoms with E-state index in [0.29, 0.717) is 12.4 Å². The third-order valence-corrected chi connectivity index (χ3v) is 3.56. The average molecular weight is 271 g/mol. The molecule has 0 radical (unpaired) electrons. The summed E-state index contributed by atoms with van der Waals surface area (Å²) in [5, 5.41) is 13.4. The molecule has 0 amide bonds. The standard InChI is InChI=1S/C16H21N3O/c1-12(2)16(3,20)11-18-14-9-10-17-15(19-14)13-7-5-4-6-8-13/h4-10,12,20H,11H2,1-3H3,(H,17,18,19). The van der Waals surface area contributed by atoms with E-state index in [1.54, 1.807) is 6.20 Å². The second-order valence-electron chi connectivity index (χ2n) is 5.50. The zero-order valence-corrected chi connectivity index (χ0v) is 12.2. The van der Waals surface area contributed by atoms with Gasteiger partial charge in [-0.15, -0.1) is 0 Å². The third kappa shape index (κ3) is 3.54. The number of aromatic nitrogens is 2. The molecule has 4 nitrogen and oxygen atoms in total. The minimum Gasteiger partial charge on any atom is -0.388 e.